The number of aromatic amines is 1. The van der Waals surface area contributed by atoms with Crippen LogP contribution in [0.2, 0.25) is 0 Å². The highest BCUT2D eigenvalue weighted by molar-refractivity contribution is 7.91. The molecule has 4 heterocycles. The van der Waals surface area contributed by atoms with Crippen molar-refractivity contribution in [2.45, 2.75) is 38.1 Å². The molecule has 1 amide bonds. The Morgan fingerprint density at radius 2 is 2.06 bits per heavy atom. The normalized spacial score (nSPS) is 17.7. The number of nitrogens with zero attached hydrogens (tertiary/aromatic N) is 5. The van der Waals surface area contributed by atoms with Crippen LogP contribution in [0.1, 0.15) is 53.5 Å². The molecule has 2 aliphatic rings. The smallest absolute Gasteiger partial charge is 0.272 e. The van der Waals surface area contributed by atoms with E-state index in [1.165, 1.54) is 31.3 Å². The zero-order chi connectivity index (χ0) is 24.6. The lowest BCUT2D eigenvalue weighted by molar-refractivity contribution is 0.0947. The predicted octanol–water partition coefficient (Wildman–Crippen LogP) is 4.02. The maximum Gasteiger partial charge on any atom is 0.272 e. The lowest BCUT2D eigenvalue weighted by Crippen LogP contribution is -2.24. The van der Waals surface area contributed by atoms with Crippen LogP contribution in [0.25, 0.3) is 28.0 Å². The summed E-state index contributed by atoms with van der Waals surface area (Å²) in [6.07, 6.45) is 10.9. The molecule has 1 saturated carbocycles. The molecule has 9 nitrogen and oxygen atoms in total. The Kier molecular flexibility index (Phi) is 5.76. The molecule has 11 heteroatoms. The molecule has 1 aliphatic heterocycles. The molecular weight excluding hydrogens is 481 g/mol. The number of hydrogen-bond donors (Lipinski definition) is 2. The molecule has 1 fully saturated rings. The van der Waals surface area contributed by atoms with Crippen LogP contribution in [0, 0.1) is 5.82 Å². The van der Waals surface area contributed by atoms with Crippen LogP contribution in [0.4, 0.5) is 4.39 Å². The Balaban J connectivity index is 1.20. The molecular formula is C25H22FN7O2S. The van der Waals surface area contributed by atoms with E-state index in [1.807, 2.05) is 0 Å². The first kappa shape index (κ1) is 22.5. The third-order valence-electron chi connectivity index (χ3n) is 6.46. The molecule has 0 radical (unpaired) electrons. The average Bonchev–Trinajstić information content (AvgIpc) is 3.67. The van der Waals surface area contributed by atoms with Crippen molar-refractivity contribution in [1.29, 1.82) is 0 Å². The third kappa shape index (κ3) is 4.37. The van der Waals surface area contributed by atoms with Gasteiger partial charge in [0.1, 0.15) is 23.5 Å². The van der Waals surface area contributed by atoms with E-state index in [9.17, 15) is 13.4 Å². The molecule has 0 bridgehead atoms. The summed E-state index contributed by atoms with van der Waals surface area (Å²) in [7, 11) is -1.15. The number of carbonyl (C=O) groups is 1. The number of allylic oxidation sites excluding steroid dienone is 2. The van der Waals surface area contributed by atoms with Crippen molar-refractivity contribution >= 4 is 33.6 Å². The van der Waals surface area contributed by atoms with E-state index < -0.39 is 22.5 Å². The first-order valence-electron chi connectivity index (χ1n) is 11.7. The van der Waals surface area contributed by atoms with Crippen LogP contribution in [-0.2, 0) is 17.3 Å². The maximum absolute atomic E-state index is 14.4. The fourth-order valence-corrected chi connectivity index (χ4v) is 5.45. The highest BCUT2D eigenvalue weighted by atomic mass is 32.2. The van der Waals surface area contributed by atoms with Gasteiger partial charge in [0.2, 0.25) is 0 Å². The molecule has 6 rings (SSSR count). The molecule has 0 spiro atoms. The Morgan fingerprint density at radius 3 is 2.86 bits per heavy atom. The van der Waals surface area contributed by atoms with Crippen LogP contribution in [0.15, 0.2) is 53.8 Å². The number of hydrogen-bond acceptors (Lipinski definition) is 6. The minimum Gasteiger partial charge on any atom is -0.347 e. The number of H-pyrrole nitrogens is 1. The summed E-state index contributed by atoms with van der Waals surface area (Å²) in [4.78, 5) is 29.2. The number of amides is 1. The van der Waals surface area contributed by atoms with Crippen molar-refractivity contribution in [3.05, 3.63) is 76.7 Å². The highest BCUT2D eigenvalue weighted by Gasteiger charge is 2.23. The zero-order valence-electron chi connectivity index (χ0n) is 19.1. The molecule has 1 atom stereocenters. The average molecular weight is 504 g/mol. The van der Waals surface area contributed by atoms with Gasteiger partial charge in [0.25, 0.3) is 5.91 Å². The second kappa shape index (κ2) is 9.23. The van der Waals surface area contributed by atoms with Crippen molar-refractivity contribution in [3.8, 4) is 11.1 Å². The molecule has 1 unspecified atom stereocenters. The lowest BCUT2D eigenvalue weighted by Gasteiger charge is -2.08. The van der Waals surface area contributed by atoms with Gasteiger partial charge in [0.15, 0.2) is 11.3 Å². The Morgan fingerprint density at radius 1 is 1.19 bits per heavy atom. The van der Waals surface area contributed by atoms with Crippen molar-refractivity contribution in [3.63, 3.8) is 0 Å². The maximum atomic E-state index is 14.4. The Bertz CT molecular complexity index is 1570. The van der Waals surface area contributed by atoms with E-state index in [2.05, 4.69) is 30.4 Å². The number of benzene rings is 1. The number of nitrogens with one attached hydrogen (secondary N) is 2. The standard InChI is InChI=1S/C25H22FN7O2S/c26-19-8-15(7-17(9-19)18-11-30-33(12-18)20-5-6-36(35)13-20)10-27-25(34)22-21-24(29-14-28-22)32-23(31-21)16-3-1-2-4-16/h5-9,11-14,16H,1-4,10H2,(H,27,34)(H,28,29,31,32). The van der Waals surface area contributed by atoms with Crippen molar-refractivity contribution in [1.82, 2.24) is 35.0 Å². The van der Waals surface area contributed by atoms with Gasteiger partial charge in [-0.05, 0) is 48.2 Å². The highest BCUT2D eigenvalue weighted by Crippen LogP contribution is 2.33. The van der Waals surface area contributed by atoms with Crippen molar-refractivity contribution in [2.75, 3.05) is 0 Å². The summed E-state index contributed by atoms with van der Waals surface area (Å²) in [5.74, 6) is 0.385. The van der Waals surface area contributed by atoms with E-state index in [-0.39, 0.29) is 12.2 Å². The van der Waals surface area contributed by atoms with Crippen LogP contribution in [0.3, 0.4) is 0 Å². The third-order valence-corrected chi connectivity index (χ3v) is 7.34. The summed E-state index contributed by atoms with van der Waals surface area (Å²) < 4.78 is 27.6. The summed E-state index contributed by atoms with van der Waals surface area (Å²) in [5.41, 5.74) is 3.80. The topological polar surface area (TPSA) is 118 Å². The molecule has 182 valence electrons. The fraction of sp³-hybridized carbons (Fsp3) is 0.240. The second-order valence-corrected chi connectivity index (χ2v) is 10.1. The number of halogens is 1. The quantitative estimate of drug-likeness (QED) is 0.410. The summed E-state index contributed by atoms with van der Waals surface area (Å²) >= 11 is 0. The number of rotatable bonds is 6. The van der Waals surface area contributed by atoms with Gasteiger partial charge in [-0.2, -0.15) is 5.10 Å². The molecule has 0 saturated heterocycles. The molecule has 1 aromatic carbocycles. The summed E-state index contributed by atoms with van der Waals surface area (Å²) in [5, 5.41) is 10.3. The number of imidazole rings is 1. The largest absolute Gasteiger partial charge is 0.347 e. The molecule has 1 aliphatic carbocycles. The number of carbonyl (C=O) groups excluding carboxylic acids is 1. The van der Waals surface area contributed by atoms with E-state index in [0.29, 0.717) is 39.5 Å². The van der Waals surface area contributed by atoms with E-state index in [1.54, 1.807) is 40.0 Å². The minimum atomic E-state index is -1.15. The molecule has 36 heavy (non-hydrogen) atoms. The Hall–Kier alpha value is -3.99. The summed E-state index contributed by atoms with van der Waals surface area (Å²) in [6.45, 7) is 0.111. The Labute approximate surface area is 208 Å². The van der Waals surface area contributed by atoms with Gasteiger partial charge in [-0.25, -0.2) is 24.0 Å². The SMILES string of the molecule is O=C(NCc1cc(F)cc(-c2cnn(C3=CS(=O)C=C3)c2)c1)c1ncnc2nc(C3CCCC3)[nH]c12. The lowest BCUT2D eigenvalue weighted by atomic mass is 10.1. The molecule has 2 N–H and O–H groups in total. The van der Waals surface area contributed by atoms with Gasteiger partial charge in [-0.3, -0.25) is 9.00 Å². The van der Waals surface area contributed by atoms with E-state index in [4.69, 9.17) is 0 Å². The van der Waals surface area contributed by atoms with Crippen molar-refractivity contribution < 1.29 is 13.4 Å². The zero-order valence-corrected chi connectivity index (χ0v) is 20.0. The van der Waals surface area contributed by atoms with Gasteiger partial charge in [-0.1, -0.05) is 12.8 Å². The van der Waals surface area contributed by atoms with E-state index >= 15 is 0 Å². The number of aromatic nitrogens is 6. The van der Waals surface area contributed by atoms with Gasteiger partial charge in [0.05, 0.1) is 22.7 Å². The monoisotopic (exact) mass is 503 g/mol. The number of fused-ring (bicyclic) bond motifs is 1. The summed E-state index contributed by atoms with van der Waals surface area (Å²) in [6, 6.07) is 4.59. The van der Waals surface area contributed by atoms with Crippen molar-refractivity contribution in [2.24, 2.45) is 0 Å². The predicted molar refractivity (Wildman–Crippen MR) is 133 cm³/mol. The minimum absolute atomic E-state index is 0.111. The molecule has 4 aromatic rings. The van der Waals surface area contributed by atoms with Crippen LogP contribution in [0.5, 0.6) is 0 Å². The second-order valence-electron chi connectivity index (χ2n) is 8.90. The van der Waals surface area contributed by atoms with Gasteiger partial charge in [-0.15, -0.1) is 0 Å². The van der Waals surface area contributed by atoms with Crippen LogP contribution >= 0.6 is 0 Å². The van der Waals surface area contributed by atoms with Crippen LogP contribution in [-0.4, -0.2) is 39.8 Å². The van der Waals surface area contributed by atoms with E-state index in [0.717, 1.165) is 18.7 Å². The van der Waals surface area contributed by atoms with Gasteiger partial charge >= 0.3 is 0 Å². The molecule has 3 aromatic heterocycles. The fourth-order valence-electron chi connectivity index (χ4n) is 4.67. The van der Waals surface area contributed by atoms with Gasteiger partial charge in [0, 0.05) is 35.0 Å². The van der Waals surface area contributed by atoms with Gasteiger partial charge < -0.3 is 10.3 Å². The first-order valence-corrected chi connectivity index (χ1v) is 12.9. The van der Waals surface area contributed by atoms with Crippen LogP contribution < -0.4 is 5.32 Å². The first-order chi connectivity index (χ1) is 17.5.